The number of hydrogen-bond acceptors (Lipinski definition) is 3. The second-order valence-corrected chi connectivity index (χ2v) is 6.80. The van der Waals surface area contributed by atoms with Crippen LogP contribution in [0.1, 0.15) is 45.7 Å². The SMILES string of the molecule is CC(C)(C)C1CCCN(c2ccc(C(=N)N)nc2)CC1. The van der Waals surface area contributed by atoms with Crippen LogP contribution >= 0.6 is 0 Å². The van der Waals surface area contributed by atoms with Crippen molar-refractivity contribution in [3.63, 3.8) is 0 Å². The first-order valence-electron chi connectivity index (χ1n) is 7.43. The molecule has 2 heterocycles. The highest BCUT2D eigenvalue weighted by Gasteiger charge is 2.27. The molecule has 1 unspecified atom stereocenters. The zero-order valence-electron chi connectivity index (χ0n) is 12.8. The molecule has 4 heteroatoms. The summed E-state index contributed by atoms with van der Waals surface area (Å²) < 4.78 is 0. The van der Waals surface area contributed by atoms with E-state index in [9.17, 15) is 0 Å². The maximum atomic E-state index is 7.38. The Labute approximate surface area is 121 Å². The smallest absolute Gasteiger partial charge is 0.141 e. The van der Waals surface area contributed by atoms with Gasteiger partial charge in [0.1, 0.15) is 11.5 Å². The largest absolute Gasteiger partial charge is 0.382 e. The van der Waals surface area contributed by atoms with E-state index in [1.807, 2.05) is 18.3 Å². The van der Waals surface area contributed by atoms with Gasteiger partial charge in [-0.3, -0.25) is 10.4 Å². The van der Waals surface area contributed by atoms with Crippen molar-refractivity contribution in [1.29, 1.82) is 5.41 Å². The van der Waals surface area contributed by atoms with Crippen LogP contribution in [0, 0.1) is 16.7 Å². The normalized spacial score (nSPS) is 20.6. The minimum atomic E-state index is 0.0280. The first-order valence-corrected chi connectivity index (χ1v) is 7.43. The first-order chi connectivity index (χ1) is 9.38. The summed E-state index contributed by atoms with van der Waals surface area (Å²) in [5.41, 5.74) is 7.53. The summed E-state index contributed by atoms with van der Waals surface area (Å²) in [6, 6.07) is 3.87. The minimum Gasteiger partial charge on any atom is -0.382 e. The fourth-order valence-corrected chi connectivity index (χ4v) is 2.95. The molecule has 1 atom stereocenters. The number of nitrogens with zero attached hydrogens (tertiary/aromatic N) is 2. The lowest BCUT2D eigenvalue weighted by molar-refractivity contribution is 0.220. The number of aromatic nitrogens is 1. The van der Waals surface area contributed by atoms with Gasteiger partial charge < -0.3 is 10.6 Å². The summed E-state index contributed by atoms with van der Waals surface area (Å²) in [4.78, 5) is 6.67. The Kier molecular flexibility index (Phi) is 4.31. The van der Waals surface area contributed by atoms with E-state index in [4.69, 9.17) is 11.1 Å². The molecule has 0 radical (unpaired) electrons. The van der Waals surface area contributed by atoms with Crippen LogP contribution in [0.25, 0.3) is 0 Å². The van der Waals surface area contributed by atoms with Gasteiger partial charge in [-0.05, 0) is 42.7 Å². The van der Waals surface area contributed by atoms with E-state index in [1.54, 1.807) is 0 Å². The van der Waals surface area contributed by atoms with E-state index in [0.29, 0.717) is 11.1 Å². The third kappa shape index (κ3) is 3.50. The highest BCUT2D eigenvalue weighted by molar-refractivity contribution is 5.93. The van der Waals surface area contributed by atoms with Gasteiger partial charge in [-0.2, -0.15) is 0 Å². The standard InChI is InChI=1S/C16H26N4/c1-16(2,3)12-5-4-9-20(10-8-12)13-6-7-14(15(17)18)19-11-13/h6-7,11-12H,4-5,8-10H2,1-3H3,(H3,17,18). The second kappa shape index (κ2) is 5.81. The lowest BCUT2D eigenvalue weighted by Gasteiger charge is -2.30. The van der Waals surface area contributed by atoms with Gasteiger partial charge >= 0.3 is 0 Å². The molecule has 1 saturated heterocycles. The molecule has 3 N–H and O–H groups in total. The Bertz CT molecular complexity index is 458. The van der Waals surface area contributed by atoms with Crippen molar-refractivity contribution < 1.29 is 0 Å². The lowest BCUT2D eigenvalue weighted by Crippen LogP contribution is -2.26. The Morgan fingerprint density at radius 2 is 2.05 bits per heavy atom. The number of hydrogen-bond donors (Lipinski definition) is 2. The number of rotatable bonds is 2. The van der Waals surface area contributed by atoms with Crippen molar-refractivity contribution in [2.24, 2.45) is 17.1 Å². The van der Waals surface area contributed by atoms with Gasteiger partial charge in [0, 0.05) is 13.1 Å². The average molecular weight is 274 g/mol. The van der Waals surface area contributed by atoms with Crippen LogP contribution in [0.15, 0.2) is 18.3 Å². The van der Waals surface area contributed by atoms with Crippen molar-refractivity contribution >= 4 is 11.5 Å². The summed E-state index contributed by atoms with van der Waals surface area (Å²) in [6.07, 6.45) is 5.61. The molecule has 110 valence electrons. The van der Waals surface area contributed by atoms with E-state index in [0.717, 1.165) is 24.7 Å². The predicted molar refractivity (Wildman–Crippen MR) is 84.3 cm³/mol. The van der Waals surface area contributed by atoms with Crippen molar-refractivity contribution in [3.8, 4) is 0 Å². The molecule has 0 aliphatic carbocycles. The molecule has 20 heavy (non-hydrogen) atoms. The van der Waals surface area contributed by atoms with Crippen LogP contribution in [0.4, 0.5) is 5.69 Å². The van der Waals surface area contributed by atoms with Gasteiger partial charge in [0.05, 0.1) is 11.9 Å². The van der Waals surface area contributed by atoms with Gasteiger partial charge in [0.15, 0.2) is 0 Å². The summed E-state index contributed by atoms with van der Waals surface area (Å²) in [7, 11) is 0. The average Bonchev–Trinajstić information content (AvgIpc) is 2.64. The van der Waals surface area contributed by atoms with Gasteiger partial charge in [0.25, 0.3) is 0 Å². The maximum Gasteiger partial charge on any atom is 0.141 e. The topological polar surface area (TPSA) is 66.0 Å². The van der Waals surface area contributed by atoms with Crippen molar-refractivity contribution in [2.75, 3.05) is 18.0 Å². The van der Waals surface area contributed by atoms with E-state index >= 15 is 0 Å². The molecular weight excluding hydrogens is 248 g/mol. The minimum absolute atomic E-state index is 0.0280. The molecular formula is C16H26N4. The highest BCUT2D eigenvalue weighted by Crippen LogP contribution is 2.35. The molecule has 1 aromatic rings. The Balaban J connectivity index is 2.05. The highest BCUT2D eigenvalue weighted by atomic mass is 15.1. The van der Waals surface area contributed by atoms with Crippen molar-refractivity contribution in [3.05, 3.63) is 24.0 Å². The van der Waals surface area contributed by atoms with Crippen molar-refractivity contribution in [1.82, 2.24) is 4.98 Å². The molecule has 1 aliphatic heterocycles. The zero-order chi connectivity index (χ0) is 14.8. The number of nitrogens with two attached hydrogens (primary N) is 1. The molecule has 4 nitrogen and oxygen atoms in total. The summed E-state index contributed by atoms with van der Waals surface area (Å²) >= 11 is 0. The molecule has 0 aromatic carbocycles. The Hall–Kier alpha value is -1.58. The van der Waals surface area contributed by atoms with Crippen LogP contribution in [-0.2, 0) is 0 Å². The molecule has 1 fully saturated rings. The van der Waals surface area contributed by atoms with Gasteiger partial charge in [-0.15, -0.1) is 0 Å². The quantitative estimate of drug-likeness (QED) is 0.643. The van der Waals surface area contributed by atoms with Crippen LogP contribution < -0.4 is 10.6 Å². The lowest BCUT2D eigenvalue weighted by atomic mass is 9.77. The third-order valence-corrected chi connectivity index (χ3v) is 4.34. The van der Waals surface area contributed by atoms with Crippen LogP contribution in [0.5, 0.6) is 0 Å². The van der Waals surface area contributed by atoms with Crippen LogP contribution in [0.3, 0.4) is 0 Å². The van der Waals surface area contributed by atoms with E-state index in [2.05, 4.69) is 30.7 Å². The van der Waals surface area contributed by atoms with Gasteiger partial charge in [-0.25, -0.2) is 0 Å². The number of amidine groups is 1. The van der Waals surface area contributed by atoms with E-state index < -0.39 is 0 Å². The molecule has 2 rings (SSSR count). The summed E-state index contributed by atoms with van der Waals surface area (Å²) in [6.45, 7) is 9.21. The summed E-state index contributed by atoms with van der Waals surface area (Å²) in [5, 5.41) is 7.38. The van der Waals surface area contributed by atoms with Crippen LogP contribution in [-0.4, -0.2) is 23.9 Å². The fourth-order valence-electron chi connectivity index (χ4n) is 2.95. The first kappa shape index (κ1) is 14.8. The third-order valence-electron chi connectivity index (χ3n) is 4.34. The van der Waals surface area contributed by atoms with Crippen molar-refractivity contribution in [2.45, 2.75) is 40.0 Å². The number of anilines is 1. The van der Waals surface area contributed by atoms with E-state index in [1.165, 1.54) is 19.3 Å². The monoisotopic (exact) mass is 274 g/mol. The van der Waals surface area contributed by atoms with E-state index in [-0.39, 0.29) is 5.84 Å². The number of nitrogens with one attached hydrogen (secondary N) is 1. The summed E-state index contributed by atoms with van der Waals surface area (Å²) in [5.74, 6) is 0.817. The van der Waals surface area contributed by atoms with Gasteiger partial charge in [0.2, 0.25) is 0 Å². The predicted octanol–water partition coefficient (Wildman–Crippen LogP) is 3.02. The maximum absolute atomic E-state index is 7.38. The Morgan fingerprint density at radius 3 is 2.60 bits per heavy atom. The van der Waals surface area contributed by atoms with Crippen LogP contribution in [0.2, 0.25) is 0 Å². The molecule has 1 aliphatic rings. The molecule has 0 amide bonds. The number of nitrogen functional groups attached to an aromatic ring is 1. The Morgan fingerprint density at radius 1 is 1.30 bits per heavy atom. The zero-order valence-corrected chi connectivity index (χ0v) is 12.8. The second-order valence-electron chi connectivity index (χ2n) is 6.80. The molecule has 0 saturated carbocycles. The molecule has 1 aromatic heterocycles. The van der Waals surface area contributed by atoms with Gasteiger partial charge in [-0.1, -0.05) is 20.8 Å². The molecule has 0 spiro atoms. The fraction of sp³-hybridized carbons (Fsp3) is 0.625. The number of pyridine rings is 1. The molecule has 0 bridgehead atoms.